The fourth-order valence-corrected chi connectivity index (χ4v) is 14.7. The lowest BCUT2D eigenvalue weighted by Gasteiger charge is -2.26. The number of hydrogen-bond acceptors (Lipinski definition) is 25. The molecule has 6 heterocycles. The Hall–Kier alpha value is 0.380. The first-order valence-corrected chi connectivity index (χ1v) is 33.3. The molecule has 7 N–H and O–H groups in total. The van der Waals surface area contributed by atoms with Crippen molar-refractivity contribution < 1.29 is 145 Å². The van der Waals surface area contributed by atoms with Gasteiger partial charge >= 0.3 is 46.9 Å². The first-order chi connectivity index (χ1) is 34.8. The second-order valence-corrected chi connectivity index (χ2v) is 27.6. The molecule has 24 atom stereocenters. The van der Waals surface area contributed by atoms with E-state index in [0.717, 1.165) is 0 Å². The third-order valence-corrected chi connectivity index (χ3v) is 18.5. The Bertz CT molecular complexity index is 2140. The predicted molar refractivity (Wildman–Crippen MR) is 250 cm³/mol. The number of aliphatic hydroxyl groups excluding tert-OH is 1. The van der Waals surface area contributed by atoms with Crippen LogP contribution in [0.25, 0.3) is 0 Å². The van der Waals surface area contributed by atoms with Gasteiger partial charge in [-0.1, -0.05) is 0 Å². The summed E-state index contributed by atoms with van der Waals surface area (Å²) in [4.78, 5) is 63.0. The van der Waals surface area contributed by atoms with Gasteiger partial charge in [-0.25, -0.2) is 27.4 Å². The second kappa shape index (κ2) is 27.2. The van der Waals surface area contributed by atoms with Gasteiger partial charge in [0.2, 0.25) is 0 Å². The van der Waals surface area contributed by atoms with Gasteiger partial charge in [0.05, 0.1) is 89.0 Å². The lowest BCUT2D eigenvalue weighted by Crippen LogP contribution is -2.32. The lowest BCUT2D eigenvalue weighted by atomic mass is 10.1. The van der Waals surface area contributed by atoms with E-state index in [1.54, 1.807) is 41.5 Å². The fraction of sp³-hybridized carbons (Fsp3) is 1.00. The molecule has 0 aliphatic carbocycles. The van der Waals surface area contributed by atoms with E-state index in [2.05, 4.69) is 4.52 Å². The van der Waals surface area contributed by atoms with Crippen molar-refractivity contribution in [1.29, 1.82) is 0 Å². The zero-order chi connectivity index (χ0) is 55.3. The Morgan fingerprint density at radius 1 is 0.333 bits per heavy atom. The minimum Gasteiger partial charge on any atom is -0.390 e. The molecule has 24 unspecified atom stereocenters. The maximum Gasteiger partial charge on any atom is 0.472 e. The van der Waals surface area contributed by atoms with E-state index in [1.807, 2.05) is 0 Å². The first-order valence-electron chi connectivity index (χ1n) is 24.3. The highest BCUT2D eigenvalue weighted by molar-refractivity contribution is 7.48. The van der Waals surface area contributed by atoms with Crippen molar-refractivity contribution in [3.05, 3.63) is 0 Å². The fourth-order valence-electron chi connectivity index (χ4n) is 9.19. The van der Waals surface area contributed by atoms with E-state index in [4.69, 9.17) is 78.2 Å². The van der Waals surface area contributed by atoms with E-state index >= 15 is 0 Å². The number of ether oxygens (including phenoxy) is 6. The highest BCUT2D eigenvalue weighted by atomic mass is 31.2. The molecule has 6 aliphatic rings. The Morgan fingerprint density at radius 3 is 0.747 bits per heavy atom. The van der Waals surface area contributed by atoms with Crippen LogP contribution in [0, 0.1) is 0 Å². The highest BCUT2D eigenvalue weighted by Gasteiger charge is 2.48. The average molecular weight is 1210 g/mol. The molecule has 0 aromatic carbocycles. The van der Waals surface area contributed by atoms with Crippen LogP contribution in [0.5, 0.6) is 0 Å². The number of aliphatic hydroxyl groups is 1. The van der Waals surface area contributed by atoms with E-state index in [0.29, 0.717) is 6.42 Å². The van der Waals surface area contributed by atoms with Crippen LogP contribution in [0.2, 0.25) is 0 Å². The number of hydrogen-bond donors (Lipinski definition) is 7. The van der Waals surface area contributed by atoms with Gasteiger partial charge in [0.1, 0.15) is 67.1 Å². The molecular weight excluding hydrogens is 1140 g/mol. The van der Waals surface area contributed by atoms with Crippen LogP contribution in [0.1, 0.15) is 87.0 Å². The monoisotopic (exact) mass is 1210 g/mol. The molecular formula is C38H72O31P6. The van der Waals surface area contributed by atoms with Crippen molar-refractivity contribution in [3.8, 4) is 0 Å². The molecule has 0 aromatic rings. The van der Waals surface area contributed by atoms with Gasteiger partial charge in [-0.3, -0.25) is 54.3 Å². The Morgan fingerprint density at radius 2 is 0.533 bits per heavy atom. The number of phosphoric acid groups is 6. The topological polar surface area (TPSA) is 410 Å². The summed E-state index contributed by atoms with van der Waals surface area (Å²) in [7, 11) is -29.0. The van der Waals surface area contributed by atoms with Gasteiger partial charge < -0.3 is 62.9 Å². The number of rotatable bonds is 30. The Balaban J connectivity index is 0.942. The highest BCUT2D eigenvalue weighted by Crippen LogP contribution is 2.54. The van der Waals surface area contributed by atoms with Crippen molar-refractivity contribution >= 4 is 46.9 Å². The molecule has 0 radical (unpaired) electrons. The summed E-state index contributed by atoms with van der Waals surface area (Å²) in [5, 5.41) is 10.1. The number of phosphoric ester groups is 6. The summed E-state index contributed by atoms with van der Waals surface area (Å²) in [6, 6.07) is 0. The minimum absolute atomic E-state index is 0.00469. The molecule has 0 bridgehead atoms. The lowest BCUT2D eigenvalue weighted by molar-refractivity contribution is -0.0460. The van der Waals surface area contributed by atoms with Gasteiger partial charge in [0, 0.05) is 38.5 Å². The third kappa shape index (κ3) is 20.6. The summed E-state index contributed by atoms with van der Waals surface area (Å²) in [6.07, 6.45) is -16.0. The van der Waals surface area contributed by atoms with E-state index in [-0.39, 0.29) is 44.8 Å². The standard InChI is InChI=1S/C38H72O31P6/c1-8-52-70(40,41)53-16-34-28(10-22(3)60-34)66-72(44,45)55-18-36-30(12-24(5)62-36)68-74(48,49)57-20-38-32(14-26(7)64-38)69-75(50,51)58-19-37-31(13-25(6)63-37)67-73(46,47)56-17-35-29(11-23(4)61-35)65-71(42,43)54-15-33-27(39)9-21(2)59-33/h21-39H,8-20H2,1-7H3,(H,40,41)(H,42,43)(H,44,45)(H,46,47)(H,48,49)(H,50,51). The summed E-state index contributed by atoms with van der Waals surface area (Å²) in [5.41, 5.74) is 0. The van der Waals surface area contributed by atoms with Crippen LogP contribution in [0.3, 0.4) is 0 Å². The van der Waals surface area contributed by atoms with Crippen LogP contribution < -0.4 is 0 Å². The van der Waals surface area contributed by atoms with Crippen LogP contribution in [0.4, 0.5) is 0 Å². The Kier molecular flexibility index (Phi) is 23.4. The first kappa shape index (κ1) is 64.5. The molecule has 0 saturated carbocycles. The maximum atomic E-state index is 13.3. The predicted octanol–water partition coefficient (Wildman–Crippen LogP) is 4.08. The van der Waals surface area contributed by atoms with Gasteiger partial charge in [0.25, 0.3) is 0 Å². The summed E-state index contributed by atoms with van der Waals surface area (Å²) < 4.78 is 174. The normalized spacial score (nSPS) is 41.2. The van der Waals surface area contributed by atoms with E-state index in [9.17, 15) is 61.9 Å². The SMILES string of the molecule is CCOP(=O)(O)OCC1OC(C)CC1OP(=O)(O)OCC1OC(C)CC1OP(=O)(O)OCC1OC(C)CC1OP(=O)(O)OCC1OC(C)CC1OP(=O)(O)OCC1OC(C)CC1OP(=O)(O)OCC1OC(C)CC1O. The molecule has 37 heteroatoms. The molecule has 0 aromatic heterocycles. The molecule has 0 spiro atoms. The van der Waals surface area contributed by atoms with E-state index < -0.39 is 190 Å². The zero-order valence-electron chi connectivity index (χ0n) is 42.2. The van der Waals surface area contributed by atoms with Crippen LogP contribution >= 0.6 is 46.9 Å². The minimum atomic E-state index is -5.01. The molecule has 6 fully saturated rings. The van der Waals surface area contributed by atoms with Crippen molar-refractivity contribution in [2.24, 2.45) is 0 Å². The smallest absolute Gasteiger partial charge is 0.390 e. The van der Waals surface area contributed by atoms with Gasteiger partial charge in [-0.05, 0) is 48.5 Å². The summed E-state index contributed by atoms with van der Waals surface area (Å²) in [6.45, 7) is 7.55. The molecule has 6 saturated heterocycles. The molecule has 0 amide bonds. The molecule has 6 aliphatic heterocycles. The maximum absolute atomic E-state index is 13.3. The molecule has 440 valence electrons. The largest absolute Gasteiger partial charge is 0.472 e. The average Bonchev–Trinajstić information content (AvgIpc) is 4.12. The zero-order valence-corrected chi connectivity index (χ0v) is 47.6. The van der Waals surface area contributed by atoms with Crippen molar-refractivity contribution in [3.63, 3.8) is 0 Å². The van der Waals surface area contributed by atoms with Crippen LogP contribution in [-0.2, 0) is 110 Å². The summed E-state index contributed by atoms with van der Waals surface area (Å²) in [5.74, 6) is 0. The van der Waals surface area contributed by atoms with Crippen LogP contribution in [-0.4, -0.2) is 191 Å². The van der Waals surface area contributed by atoms with Crippen molar-refractivity contribution in [1.82, 2.24) is 0 Å². The molecule has 31 nitrogen and oxygen atoms in total. The summed E-state index contributed by atoms with van der Waals surface area (Å²) >= 11 is 0. The molecule has 6 rings (SSSR count). The van der Waals surface area contributed by atoms with E-state index in [1.165, 1.54) is 6.92 Å². The van der Waals surface area contributed by atoms with Gasteiger partial charge in [-0.15, -0.1) is 0 Å². The van der Waals surface area contributed by atoms with Crippen LogP contribution in [0.15, 0.2) is 0 Å². The second-order valence-electron chi connectivity index (χ2n) is 19.1. The van der Waals surface area contributed by atoms with Crippen molar-refractivity contribution in [2.45, 2.75) is 197 Å². The van der Waals surface area contributed by atoms with Gasteiger partial charge in [-0.2, -0.15) is 0 Å². The van der Waals surface area contributed by atoms with Gasteiger partial charge in [0.15, 0.2) is 0 Å². The Labute approximate surface area is 433 Å². The van der Waals surface area contributed by atoms with Crippen molar-refractivity contribution in [2.75, 3.05) is 46.2 Å². The molecule has 75 heavy (non-hydrogen) atoms. The quantitative estimate of drug-likeness (QED) is 0.0498. The third-order valence-electron chi connectivity index (χ3n) is 12.4.